The van der Waals surface area contributed by atoms with Gasteiger partial charge >= 0.3 is 5.97 Å². The Morgan fingerprint density at radius 1 is 1.67 bits per heavy atom. The number of aromatic amines is 1. The predicted molar refractivity (Wildman–Crippen MR) is 41.8 cm³/mol. The normalized spacial score (nSPS) is 9.83. The van der Waals surface area contributed by atoms with Crippen LogP contribution in [0.1, 0.15) is 10.5 Å². The molecule has 0 radical (unpaired) electrons. The Labute approximate surface area is 67.9 Å². The Hall–Kier alpha value is -1.72. The summed E-state index contributed by atoms with van der Waals surface area (Å²) < 4.78 is 5.64. The van der Waals surface area contributed by atoms with Gasteiger partial charge in [-0.1, -0.05) is 0 Å². The van der Waals surface area contributed by atoms with Gasteiger partial charge in [-0.05, 0) is 0 Å². The molecule has 6 heteroatoms. The monoisotopic (exact) mass is 171 g/mol. The molecule has 66 valence electrons. The second-order valence-electron chi connectivity index (χ2n) is 2.25. The summed E-state index contributed by atoms with van der Waals surface area (Å²) in [6, 6.07) is 0. The number of hydrogen-bond acceptors (Lipinski definition) is 4. The van der Waals surface area contributed by atoms with Crippen molar-refractivity contribution < 1.29 is 9.53 Å². The van der Waals surface area contributed by atoms with Gasteiger partial charge in [-0.2, -0.15) is 0 Å². The molecule has 1 heterocycles. The van der Waals surface area contributed by atoms with Crippen molar-refractivity contribution in [2.24, 2.45) is 7.05 Å². The first-order chi connectivity index (χ1) is 5.57. The first kappa shape index (κ1) is 8.38. The van der Waals surface area contributed by atoms with Crippen molar-refractivity contribution in [2.45, 2.75) is 0 Å². The van der Waals surface area contributed by atoms with Crippen LogP contribution in [0.25, 0.3) is 0 Å². The van der Waals surface area contributed by atoms with Crippen LogP contribution in [0.4, 0.5) is 5.69 Å². The third kappa shape index (κ3) is 1.07. The molecule has 0 aliphatic carbocycles. The van der Waals surface area contributed by atoms with E-state index in [4.69, 9.17) is 5.73 Å². The SMILES string of the molecule is COC(=O)c1c(N)c(=O)[nH]n1C. The van der Waals surface area contributed by atoms with Crippen LogP contribution in [0.5, 0.6) is 0 Å². The number of nitrogen functional groups attached to an aromatic ring is 1. The fraction of sp³-hybridized carbons (Fsp3) is 0.333. The van der Waals surface area contributed by atoms with Crippen molar-refractivity contribution in [3.05, 3.63) is 16.0 Å². The van der Waals surface area contributed by atoms with E-state index in [9.17, 15) is 9.59 Å². The molecule has 0 spiro atoms. The number of carbonyl (C=O) groups is 1. The molecule has 0 amide bonds. The molecule has 1 aromatic heterocycles. The maximum Gasteiger partial charge on any atom is 0.358 e. The van der Waals surface area contributed by atoms with Gasteiger partial charge in [-0.3, -0.25) is 14.6 Å². The van der Waals surface area contributed by atoms with Crippen LogP contribution in [0.2, 0.25) is 0 Å². The molecule has 3 N–H and O–H groups in total. The lowest BCUT2D eigenvalue weighted by Gasteiger charge is -1.99. The van der Waals surface area contributed by atoms with E-state index in [0.717, 1.165) is 0 Å². The van der Waals surface area contributed by atoms with Crippen LogP contribution in [0, 0.1) is 0 Å². The third-order valence-corrected chi connectivity index (χ3v) is 1.48. The number of aryl methyl sites for hydroxylation is 1. The molecule has 0 fully saturated rings. The maximum absolute atomic E-state index is 11.0. The van der Waals surface area contributed by atoms with Crippen molar-refractivity contribution in [3.63, 3.8) is 0 Å². The summed E-state index contributed by atoms with van der Waals surface area (Å²) >= 11 is 0. The first-order valence-corrected chi connectivity index (χ1v) is 3.20. The molecule has 1 aromatic rings. The summed E-state index contributed by atoms with van der Waals surface area (Å²) in [6.45, 7) is 0. The molecule has 0 aromatic carbocycles. The van der Waals surface area contributed by atoms with Gasteiger partial charge in [0.05, 0.1) is 7.11 Å². The zero-order chi connectivity index (χ0) is 9.30. The topological polar surface area (TPSA) is 90.1 Å². The van der Waals surface area contributed by atoms with Crippen LogP contribution in [-0.2, 0) is 11.8 Å². The van der Waals surface area contributed by atoms with Gasteiger partial charge in [0.15, 0.2) is 5.69 Å². The van der Waals surface area contributed by atoms with E-state index in [0.29, 0.717) is 0 Å². The van der Waals surface area contributed by atoms with E-state index in [1.807, 2.05) is 0 Å². The van der Waals surface area contributed by atoms with E-state index in [2.05, 4.69) is 9.84 Å². The number of carbonyl (C=O) groups excluding carboxylic acids is 1. The number of aromatic nitrogens is 2. The quantitative estimate of drug-likeness (QED) is 0.535. The summed E-state index contributed by atoms with van der Waals surface area (Å²) in [4.78, 5) is 21.9. The zero-order valence-electron chi connectivity index (χ0n) is 6.75. The molecule has 6 nitrogen and oxygen atoms in total. The molecule has 0 atom stereocenters. The molecule has 1 rings (SSSR count). The number of esters is 1. The van der Waals surface area contributed by atoms with Gasteiger partial charge in [0.1, 0.15) is 5.69 Å². The number of methoxy groups -OCH3 is 1. The van der Waals surface area contributed by atoms with Gasteiger partial charge in [-0.15, -0.1) is 0 Å². The molecule has 0 bridgehead atoms. The van der Waals surface area contributed by atoms with Crippen molar-refractivity contribution in [2.75, 3.05) is 12.8 Å². The van der Waals surface area contributed by atoms with Crippen molar-refractivity contribution >= 4 is 11.7 Å². The molecule has 0 aliphatic heterocycles. The summed E-state index contributed by atoms with van der Waals surface area (Å²) in [5.74, 6) is -0.631. The highest BCUT2D eigenvalue weighted by Crippen LogP contribution is 2.04. The number of nitrogens with one attached hydrogen (secondary N) is 1. The molecule has 0 saturated heterocycles. The Kier molecular flexibility index (Phi) is 1.90. The van der Waals surface area contributed by atoms with Crippen LogP contribution < -0.4 is 11.3 Å². The molecule has 0 unspecified atom stereocenters. The maximum atomic E-state index is 11.0. The highest BCUT2D eigenvalue weighted by Gasteiger charge is 2.17. The smallest absolute Gasteiger partial charge is 0.358 e. The van der Waals surface area contributed by atoms with E-state index >= 15 is 0 Å². The minimum atomic E-state index is -0.631. The third-order valence-electron chi connectivity index (χ3n) is 1.48. The molecule has 0 aliphatic rings. The van der Waals surface area contributed by atoms with Crippen LogP contribution in [0.15, 0.2) is 4.79 Å². The number of nitrogens with two attached hydrogens (primary N) is 1. The lowest BCUT2D eigenvalue weighted by atomic mass is 10.4. The van der Waals surface area contributed by atoms with Gasteiger partial charge in [0, 0.05) is 7.05 Å². The van der Waals surface area contributed by atoms with Crippen molar-refractivity contribution in [1.29, 1.82) is 0 Å². The summed E-state index contributed by atoms with van der Waals surface area (Å²) in [5, 5.41) is 2.33. The van der Waals surface area contributed by atoms with Gasteiger partial charge < -0.3 is 10.5 Å². The number of hydrogen-bond donors (Lipinski definition) is 2. The highest BCUT2D eigenvalue weighted by atomic mass is 16.5. The van der Waals surface area contributed by atoms with E-state index in [1.54, 1.807) is 0 Å². The van der Waals surface area contributed by atoms with Crippen molar-refractivity contribution in [1.82, 2.24) is 9.78 Å². The number of anilines is 1. The number of rotatable bonds is 1. The number of ether oxygens (including phenoxy) is 1. The lowest BCUT2D eigenvalue weighted by Crippen LogP contribution is -2.11. The fourth-order valence-corrected chi connectivity index (χ4v) is 0.900. The fourth-order valence-electron chi connectivity index (χ4n) is 0.900. The van der Waals surface area contributed by atoms with Gasteiger partial charge in [-0.25, -0.2) is 4.79 Å². The van der Waals surface area contributed by atoms with E-state index < -0.39 is 11.5 Å². The Bertz CT molecular complexity index is 363. The predicted octanol–water partition coefficient (Wildman–Crippen LogP) is -0.918. The van der Waals surface area contributed by atoms with Crippen molar-refractivity contribution in [3.8, 4) is 0 Å². The second kappa shape index (κ2) is 2.72. The van der Waals surface area contributed by atoms with E-state index in [-0.39, 0.29) is 11.4 Å². The summed E-state index contributed by atoms with van der Waals surface area (Å²) in [6.07, 6.45) is 0. The number of H-pyrrole nitrogens is 1. The standard InChI is InChI=1S/C6H9N3O3/c1-9-4(6(11)12-2)3(7)5(10)8-9/h7H2,1-2H3,(H,8,10). The largest absolute Gasteiger partial charge is 0.464 e. The summed E-state index contributed by atoms with van der Waals surface area (Å²) in [5.41, 5.74) is 4.75. The van der Waals surface area contributed by atoms with Crippen LogP contribution >= 0.6 is 0 Å². The summed E-state index contributed by atoms with van der Waals surface area (Å²) in [7, 11) is 2.73. The number of nitrogens with zero attached hydrogens (tertiary/aromatic N) is 1. The molecule has 12 heavy (non-hydrogen) atoms. The molecule has 0 saturated carbocycles. The molecular formula is C6H9N3O3. The Balaban J connectivity index is 3.32. The Morgan fingerprint density at radius 2 is 2.25 bits per heavy atom. The Morgan fingerprint density at radius 3 is 2.58 bits per heavy atom. The zero-order valence-corrected chi connectivity index (χ0v) is 6.75. The average Bonchev–Trinajstić information content (AvgIpc) is 2.26. The van der Waals surface area contributed by atoms with Crippen LogP contribution in [0.3, 0.4) is 0 Å². The highest BCUT2D eigenvalue weighted by molar-refractivity contribution is 5.92. The average molecular weight is 171 g/mol. The minimum absolute atomic E-state index is 0.0440. The second-order valence-corrected chi connectivity index (χ2v) is 2.25. The van der Waals surface area contributed by atoms with Gasteiger partial charge in [0.2, 0.25) is 0 Å². The minimum Gasteiger partial charge on any atom is -0.464 e. The first-order valence-electron chi connectivity index (χ1n) is 3.20. The molecular weight excluding hydrogens is 162 g/mol. The van der Waals surface area contributed by atoms with E-state index in [1.165, 1.54) is 18.8 Å². The lowest BCUT2D eigenvalue weighted by molar-refractivity contribution is 0.0589. The van der Waals surface area contributed by atoms with Crippen LogP contribution in [-0.4, -0.2) is 22.9 Å². The van der Waals surface area contributed by atoms with Gasteiger partial charge in [0.25, 0.3) is 5.56 Å².